The number of aryl methyl sites for hydroxylation is 1. The lowest BCUT2D eigenvalue weighted by Crippen LogP contribution is -1.93. The first-order chi connectivity index (χ1) is 13.3. The largest absolute Gasteiger partial charge is 0.254 e. The number of nitrogens with zero attached hydrogens (tertiary/aromatic N) is 2. The van der Waals surface area contributed by atoms with E-state index in [4.69, 9.17) is 9.97 Å². The van der Waals surface area contributed by atoms with E-state index in [9.17, 15) is 0 Å². The third kappa shape index (κ3) is 2.58. The normalized spacial score (nSPS) is 11.1. The van der Waals surface area contributed by atoms with Gasteiger partial charge in [0.1, 0.15) is 0 Å². The molecule has 0 atom stereocenters. The minimum absolute atomic E-state index is 0.953. The molecule has 0 radical (unpaired) electrons. The molecule has 0 aliphatic heterocycles. The number of hydrogen-bond donors (Lipinski definition) is 0. The van der Waals surface area contributed by atoms with Crippen molar-refractivity contribution < 1.29 is 0 Å². The Bertz CT molecular complexity index is 1260. The fraction of sp³-hybridized carbons (Fsp3) is 0.0400. The number of hydrogen-bond acceptors (Lipinski definition) is 2. The first kappa shape index (κ1) is 15.7. The standard InChI is InChI=1S/C25H18N2/c1-17-16-22-20(18-8-4-2-5-9-18)12-14-26-24(22)25-23(17)21(13-15-27-25)19-10-6-3-7-11-19/h2-16H,1H3. The van der Waals surface area contributed by atoms with E-state index < -0.39 is 0 Å². The number of rotatable bonds is 2. The summed E-state index contributed by atoms with van der Waals surface area (Å²) in [5.41, 5.74) is 7.92. The molecule has 0 spiro atoms. The van der Waals surface area contributed by atoms with Crippen molar-refractivity contribution in [3.05, 3.63) is 96.8 Å². The van der Waals surface area contributed by atoms with Gasteiger partial charge in [-0.2, -0.15) is 0 Å². The van der Waals surface area contributed by atoms with Gasteiger partial charge in [0.05, 0.1) is 11.0 Å². The van der Waals surface area contributed by atoms with Gasteiger partial charge >= 0.3 is 0 Å². The lowest BCUT2D eigenvalue weighted by atomic mass is 9.93. The molecule has 2 aromatic heterocycles. The van der Waals surface area contributed by atoms with Crippen LogP contribution in [0.3, 0.4) is 0 Å². The van der Waals surface area contributed by atoms with Crippen LogP contribution < -0.4 is 0 Å². The molecule has 0 aliphatic carbocycles. The van der Waals surface area contributed by atoms with Crippen molar-refractivity contribution in [2.24, 2.45) is 0 Å². The highest BCUT2D eigenvalue weighted by atomic mass is 14.7. The summed E-state index contributed by atoms with van der Waals surface area (Å²) in [6, 6.07) is 27.4. The molecule has 2 heterocycles. The van der Waals surface area contributed by atoms with Gasteiger partial charge in [0.15, 0.2) is 0 Å². The minimum Gasteiger partial charge on any atom is -0.254 e. The fourth-order valence-corrected chi connectivity index (χ4v) is 3.86. The Morgan fingerprint density at radius 2 is 1.15 bits per heavy atom. The van der Waals surface area contributed by atoms with Crippen LogP contribution in [0.25, 0.3) is 44.1 Å². The molecule has 0 saturated carbocycles. The fourth-order valence-electron chi connectivity index (χ4n) is 3.86. The van der Waals surface area contributed by atoms with Crippen LogP contribution in [-0.4, -0.2) is 9.97 Å². The molecule has 0 amide bonds. The van der Waals surface area contributed by atoms with E-state index in [1.165, 1.54) is 33.2 Å². The second-order valence-corrected chi connectivity index (χ2v) is 6.76. The van der Waals surface area contributed by atoms with Gasteiger partial charge in [-0.25, -0.2) is 0 Å². The van der Waals surface area contributed by atoms with Crippen molar-refractivity contribution in [3.8, 4) is 22.3 Å². The molecule has 27 heavy (non-hydrogen) atoms. The molecule has 2 heteroatoms. The van der Waals surface area contributed by atoms with Crippen molar-refractivity contribution in [2.75, 3.05) is 0 Å². The van der Waals surface area contributed by atoms with Gasteiger partial charge in [0, 0.05) is 23.2 Å². The van der Waals surface area contributed by atoms with Crippen molar-refractivity contribution in [3.63, 3.8) is 0 Å². The molecule has 0 aliphatic rings. The number of pyridine rings is 2. The average molecular weight is 346 g/mol. The van der Waals surface area contributed by atoms with Gasteiger partial charge in [-0.15, -0.1) is 0 Å². The van der Waals surface area contributed by atoms with Crippen LogP contribution in [-0.2, 0) is 0 Å². The van der Waals surface area contributed by atoms with E-state index in [-0.39, 0.29) is 0 Å². The molecule has 5 aromatic rings. The maximum atomic E-state index is 4.73. The van der Waals surface area contributed by atoms with Gasteiger partial charge in [-0.3, -0.25) is 9.97 Å². The van der Waals surface area contributed by atoms with E-state index in [2.05, 4.69) is 73.7 Å². The summed E-state index contributed by atoms with van der Waals surface area (Å²) >= 11 is 0. The molecule has 0 unspecified atom stereocenters. The summed E-state index contributed by atoms with van der Waals surface area (Å²) in [5, 5.41) is 2.32. The second kappa shape index (κ2) is 6.33. The SMILES string of the molecule is Cc1cc2c(-c3ccccc3)ccnc2c2nccc(-c3ccccc3)c12. The lowest BCUT2D eigenvalue weighted by molar-refractivity contribution is 1.36. The maximum Gasteiger partial charge on any atom is 0.0973 e. The van der Waals surface area contributed by atoms with Crippen LogP contribution in [0.15, 0.2) is 91.3 Å². The molecular weight excluding hydrogens is 328 g/mol. The Morgan fingerprint density at radius 3 is 1.81 bits per heavy atom. The minimum atomic E-state index is 0.953. The van der Waals surface area contributed by atoms with E-state index in [1.54, 1.807) is 0 Å². The van der Waals surface area contributed by atoms with Crippen LogP contribution >= 0.6 is 0 Å². The van der Waals surface area contributed by atoms with Gasteiger partial charge in [0.2, 0.25) is 0 Å². The lowest BCUT2D eigenvalue weighted by Gasteiger charge is -2.13. The maximum absolute atomic E-state index is 4.73. The second-order valence-electron chi connectivity index (χ2n) is 6.76. The number of fused-ring (bicyclic) bond motifs is 3. The van der Waals surface area contributed by atoms with Gasteiger partial charge in [-0.1, -0.05) is 60.7 Å². The van der Waals surface area contributed by atoms with Crippen molar-refractivity contribution in [2.45, 2.75) is 6.92 Å². The van der Waals surface area contributed by atoms with Crippen molar-refractivity contribution in [1.29, 1.82) is 0 Å². The topological polar surface area (TPSA) is 25.8 Å². The Balaban J connectivity index is 1.88. The van der Waals surface area contributed by atoms with Crippen molar-refractivity contribution >= 4 is 21.8 Å². The number of benzene rings is 3. The molecule has 0 N–H and O–H groups in total. The monoisotopic (exact) mass is 346 g/mol. The first-order valence-electron chi connectivity index (χ1n) is 9.11. The molecule has 128 valence electrons. The highest BCUT2D eigenvalue weighted by molar-refractivity contribution is 6.13. The smallest absolute Gasteiger partial charge is 0.0973 e. The van der Waals surface area contributed by atoms with Crippen LogP contribution in [0.4, 0.5) is 0 Å². The Hall–Kier alpha value is -3.52. The Labute approximate surface area is 158 Å². The molecule has 0 fully saturated rings. The van der Waals surface area contributed by atoms with E-state index in [0.717, 1.165) is 16.4 Å². The van der Waals surface area contributed by atoms with Crippen LogP contribution in [0.2, 0.25) is 0 Å². The summed E-state index contributed by atoms with van der Waals surface area (Å²) in [4.78, 5) is 9.44. The van der Waals surface area contributed by atoms with E-state index >= 15 is 0 Å². The third-order valence-corrected chi connectivity index (χ3v) is 5.09. The predicted molar refractivity (Wildman–Crippen MR) is 113 cm³/mol. The average Bonchev–Trinajstić information content (AvgIpc) is 2.74. The van der Waals surface area contributed by atoms with Crippen LogP contribution in [0.1, 0.15) is 5.56 Å². The highest BCUT2D eigenvalue weighted by Gasteiger charge is 2.14. The third-order valence-electron chi connectivity index (χ3n) is 5.09. The zero-order valence-corrected chi connectivity index (χ0v) is 15.1. The van der Waals surface area contributed by atoms with Crippen LogP contribution in [0, 0.1) is 6.92 Å². The molecule has 0 bridgehead atoms. The molecule has 0 saturated heterocycles. The Morgan fingerprint density at radius 1 is 0.593 bits per heavy atom. The molecule has 3 aromatic carbocycles. The zero-order chi connectivity index (χ0) is 18.2. The molecule has 5 rings (SSSR count). The molecular formula is C25H18N2. The number of aromatic nitrogens is 2. The van der Waals surface area contributed by atoms with E-state index in [0.29, 0.717) is 0 Å². The zero-order valence-electron chi connectivity index (χ0n) is 15.1. The van der Waals surface area contributed by atoms with Crippen LogP contribution in [0.5, 0.6) is 0 Å². The summed E-state index contributed by atoms with van der Waals surface area (Å²) in [6.07, 6.45) is 3.77. The highest BCUT2D eigenvalue weighted by Crippen LogP contribution is 2.36. The summed E-state index contributed by atoms with van der Waals surface area (Å²) in [7, 11) is 0. The van der Waals surface area contributed by atoms with Gasteiger partial charge in [-0.05, 0) is 52.9 Å². The van der Waals surface area contributed by atoms with Gasteiger partial charge < -0.3 is 0 Å². The van der Waals surface area contributed by atoms with Crippen molar-refractivity contribution in [1.82, 2.24) is 9.97 Å². The quantitative estimate of drug-likeness (QED) is 0.344. The summed E-state index contributed by atoms with van der Waals surface area (Å²) in [6.45, 7) is 2.16. The predicted octanol–water partition coefficient (Wildman–Crippen LogP) is 6.43. The van der Waals surface area contributed by atoms with Gasteiger partial charge in [0.25, 0.3) is 0 Å². The summed E-state index contributed by atoms with van der Waals surface area (Å²) < 4.78 is 0. The summed E-state index contributed by atoms with van der Waals surface area (Å²) in [5.74, 6) is 0. The first-order valence-corrected chi connectivity index (χ1v) is 9.11. The molecule has 2 nitrogen and oxygen atoms in total. The Kier molecular flexibility index (Phi) is 3.68. The van der Waals surface area contributed by atoms with E-state index in [1.807, 2.05) is 24.5 Å².